The van der Waals surface area contributed by atoms with E-state index in [2.05, 4.69) is 9.97 Å². The molecule has 0 bridgehead atoms. The van der Waals surface area contributed by atoms with Crippen LogP contribution in [0, 0.1) is 0 Å². The van der Waals surface area contributed by atoms with E-state index in [1.807, 2.05) is 25.1 Å². The maximum absolute atomic E-state index is 11.8. The van der Waals surface area contributed by atoms with Gasteiger partial charge in [0.2, 0.25) is 0 Å². The molecule has 1 aromatic carbocycles. The summed E-state index contributed by atoms with van der Waals surface area (Å²) in [6, 6.07) is 5.77. The normalized spacial score (nSPS) is 15.4. The highest BCUT2D eigenvalue weighted by atomic mass is 16.1. The number of carbonyl (C=O) groups is 1. The summed E-state index contributed by atoms with van der Waals surface area (Å²) in [5.41, 5.74) is 2.76. The summed E-state index contributed by atoms with van der Waals surface area (Å²) in [4.78, 5) is 19.7. The van der Waals surface area contributed by atoms with E-state index in [1.54, 1.807) is 0 Å². The van der Waals surface area contributed by atoms with Crippen molar-refractivity contribution in [2.45, 2.75) is 38.5 Å². The zero-order valence-corrected chi connectivity index (χ0v) is 9.99. The van der Waals surface area contributed by atoms with Gasteiger partial charge in [0.1, 0.15) is 5.82 Å². The van der Waals surface area contributed by atoms with Gasteiger partial charge >= 0.3 is 0 Å². The number of imidazole rings is 1. The quantitative estimate of drug-likeness (QED) is 0.815. The molecule has 1 saturated carbocycles. The molecule has 1 fully saturated rings. The predicted molar refractivity (Wildman–Crippen MR) is 67.3 cm³/mol. The number of carbonyl (C=O) groups excluding carboxylic acids is 1. The van der Waals surface area contributed by atoms with Gasteiger partial charge in [0.15, 0.2) is 5.78 Å². The van der Waals surface area contributed by atoms with Crippen LogP contribution in [0.2, 0.25) is 0 Å². The highest BCUT2D eigenvalue weighted by Gasteiger charge is 2.26. The first kappa shape index (κ1) is 10.5. The van der Waals surface area contributed by atoms with E-state index in [0.717, 1.165) is 28.8 Å². The van der Waals surface area contributed by atoms with E-state index in [1.165, 1.54) is 12.8 Å². The van der Waals surface area contributed by atoms with Crippen molar-refractivity contribution in [3.8, 4) is 0 Å². The number of nitrogens with zero attached hydrogens (tertiary/aromatic N) is 1. The summed E-state index contributed by atoms with van der Waals surface area (Å²) >= 11 is 0. The van der Waals surface area contributed by atoms with Gasteiger partial charge in [-0.15, -0.1) is 0 Å². The predicted octanol–water partition coefficient (Wildman–Crippen LogP) is 3.42. The Kier molecular flexibility index (Phi) is 2.46. The molecule has 17 heavy (non-hydrogen) atoms. The summed E-state index contributed by atoms with van der Waals surface area (Å²) in [6.07, 6.45) is 3.99. The largest absolute Gasteiger partial charge is 0.342 e. The molecular weight excluding hydrogens is 212 g/mol. The molecule has 3 rings (SSSR count). The number of ketones is 1. The fourth-order valence-corrected chi connectivity index (χ4v) is 2.12. The first-order valence-electron chi connectivity index (χ1n) is 6.31. The Morgan fingerprint density at radius 1 is 1.47 bits per heavy atom. The molecule has 1 aliphatic rings. The van der Waals surface area contributed by atoms with Crippen LogP contribution < -0.4 is 0 Å². The fraction of sp³-hybridized carbons (Fsp3) is 0.429. The molecule has 0 spiro atoms. The van der Waals surface area contributed by atoms with E-state index < -0.39 is 0 Å². The molecule has 2 aromatic rings. The van der Waals surface area contributed by atoms with Gasteiger partial charge in [-0.25, -0.2) is 4.98 Å². The van der Waals surface area contributed by atoms with Crippen LogP contribution >= 0.6 is 0 Å². The number of rotatable bonds is 4. The van der Waals surface area contributed by atoms with Gasteiger partial charge in [0.25, 0.3) is 0 Å². The van der Waals surface area contributed by atoms with Gasteiger partial charge in [0.05, 0.1) is 11.0 Å². The minimum atomic E-state index is 0.219. The summed E-state index contributed by atoms with van der Waals surface area (Å²) in [7, 11) is 0. The molecule has 1 aliphatic carbocycles. The number of fused-ring (bicyclic) bond motifs is 1. The number of H-pyrrole nitrogens is 1. The second-order valence-corrected chi connectivity index (χ2v) is 4.80. The molecule has 0 radical (unpaired) electrons. The van der Waals surface area contributed by atoms with E-state index in [-0.39, 0.29) is 5.78 Å². The molecule has 1 aromatic heterocycles. The fourth-order valence-electron chi connectivity index (χ4n) is 2.12. The molecule has 0 unspecified atom stereocenters. The topological polar surface area (TPSA) is 45.8 Å². The third kappa shape index (κ3) is 1.97. The van der Waals surface area contributed by atoms with Crippen LogP contribution in [-0.4, -0.2) is 15.8 Å². The third-order valence-electron chi connectivity index (χ3n) is 3.26. The van der Waals surface area contributed by atoms with E-state index in [4.69, 9.17) is 0 Å². The number of aromatic amines is 1. The molecule has 3 nitrogen and oxygen atoms in total. The van der Waals surface area contributed by atoms with Gasteiger partial charge in [-0.1, -0.05) is 6.92 Å². The van der Waals surface area contributed by atoms with Crippen LogP contribution in [0.4, 0.5) is 0 Å². The molecule has 0 amide bonds. The lowest BCUT2D eigenvalue weighted by Gasteiger charge is -1.98. The van der Waals surface area contributed by atoms with Gasteiger partial charge in [-0.2, -0.15) is 0 Å². The first-order chi connectivity index (χ1) is 8.28. The Bertz CT molecular complexity index is 567. The number of hydrogen-bond acceptors (Lipinski definition) is 2. The Morgan fingerprint density at radius 3 is 3.00 bits per heavy atom. The number of hydrogen-bond donors (Lipinski definition) is 1. The van der Waals surface area contributed by atoms with Gasteiger partial charge < -0.3 is 4.98 Å². The van der Waals surface area contributed by atoms with E-state index >= 15 is 0 Å². The zero-order chi connectivity index (χ0) is 11.8. The van der Waals surface area contributed by atoms with Crippen molar-refractivity contribution in [3.63, 3.8) is 0 Å². The highest BCUT2D eigenvalue weighted by molar-refractivity contribution is 5.98. The Labute approximate surface area is 100 Å². The van der Waals surface area contributed by atoms with Crippen molar-refractivity contribution in [1.29, 1.82) is 0 Å². The van der Waals surface area contributed by atoms with Crippen molar-refractivity contribution in [2.75, 3.05) is 0 Å². The average Bonchev–Trinajstić information content (AvgIpc) is 3.08. The minimum absolute atomic E-state index is 0.219. The number of benzene rings is 1. The average molecular weight is 228 g/mol. The monoisotopic (exact) mass is 228 g/mol. The standard InChI is InChI=1S/C14H16N2O/c1-2-3-13(17)10-6-7-11-12(8-10)16-14(15-11)9-4-5-9/h6-9H,2-5H2,1H3,(H,15,16). The molecular formula is C14H16N2O. The lowest BCUT2D eigenvalue weighted by Crippen LogP contribution is -1.97. The Hall–Kier alpha value is -1.64. The van der Waals surface area contributed by atoms with Crippen molar-refractivity contribution in [3.05, 3.63) is 29.6 Å². The number of Topliss-reactive ketones (excluding diaryl/α,β-unsaturated/α-hetero) is 1. The van der Waals surface area contributed by atoms with Gasteiger partial charge in [-0.05, 0) is 37.5 Å². The molecule has 1 heterocycles. The maximum Gasteiger partial charge on any atom is 0.162 e. The van der Waals surface area contributed by atoms with Crippen molar-refractivity contribution >= 4 is 16.8 Å². The minimum Gasteiger partial charge on any atom is -0.342 e. The van der Waals surface area contributed by atoms with Crippen LogP contribution in [0.5, 0.6) is 0 Å². The van der Waals surface area contributed by atoms with E-state index in [0.29, 0.717) is 12.3 Å². The first-order valence-corrected chi connectivity index (χ1v) is 6.31. The lowest BCUT2D eigenvalue weighted by molar-refractivity contribution is 0.0982. The van der Waals surface area contributed by atoms with Crippen LogP contribution in [-0.2, 0) is 0 Å². The Balaban J connectivity index is 1.97. The lowest BCUT2D eigenvalue weighted by atomic mass is 10.1. The molecule has 88 valence electrons. The van der Waals surface area contributed by atoms with Crippen LogP contribution in [0.1, 0.15) is 54.7 Å². The van der Waals surface area contributed by atoms with Crippen LogP contribution in [0.3, 0.4) is 0 Å². The maximum atomic E-state index is 11.8. The number of nitrogens with one attached hydrogen (secondary N) is 1. The third-order valence-corrected chi connectivity index (χ3v) is 3.26. The molecule has 0 aliphatic heterocycles. The summed E-state index contributed by atoms with van der Waals surface area (Å²) in [5, 5.41) is 0. The number of aromatic nitrogens is 2. The van der Waals surface area contributed by atoms with Gasteiger partial charge in [-0.3, -0.25) is 4.79 Å². The van der Waals surface area contributed by atoms with Crippen molar-refractivity contribution < 1.29 is 4.79 Å². The summed E-state index contributed by atoms with van der Waals surface area (Å²) in [5.74, 6) is 1.93. The Morgan fingerprint density at radius 2 is 2.29 bits per heavy atom. The van der Waals surface area contributed by atoms with Crippen LogP contribution in [0.15, 0.2) is 18.2 Å². The SMILES string of the molecule is CCCC(=O)c1ccc2nc(C3CC3)[nH]c2c1. The molecule has 1 N–H and O–H groups in total. The second-order valence-electron chi connectivity index (χ2n) is 4.80. The smallest absolute Gasteiger partial charge is 0.162 e. The van der Waals surface area contributed by atoms with Crippen molar-refractivity contribution in [1.82, 2.24) is 9.97 Å². The van der Waals surface area contributed by atoms with E-state index in [9.17, 15) is 4.79 Å². The zero-order valence-electron chi connectivity index (χ0n) is 9.99. The summed E-state index contributed by atoms with van der Waals surface area (Å²) in [6.45, 7) is 2.03. The van der Waals surface area contributed by atoms with Crippen molar-refractivity contribution in [2.24, 2.45) is 0 Å². The molecule has 0 saturated heterocycles. The molecule has 0 atom stereocenters. The van der Waals surface area contributed by atoms with Crippen LogP contribution in [0.25, 0.3) is 11.0 Å². The summed E-state index contributed by atoms with van der Waals surface area (Å²) < 4.78 is 0. The molecule has 3 heteroatoms. The second kappa shape index (κ2) is 3.99. The van der Waals surface area contributed by atoms with Gasteiger partial charge in [0, 0.05) is 17.9 Å². The highest BCUT2D eigenvalue weighted by Crippen LogP contribution is 2.39.